The van der Waals surface area contributed by atoms with Crippen molar-refractivity contribution in [3.8, 4) is 0 Å². The first-order valence-electron chi connectivity index (χ1n) is 12.5. The predicted molar refractivity (Wildman–Crippen MR) is 139 cm³/mol. The Morgan fingerprint density at radius 1 is 1.14 bits per heavy atom. The number of nitrogen functional groups attached to an aromatic ring is 1. The molecule has 2 aromatic carbocycles. The molecule has 0 saturated carbocycles. The van der Waals surface area contributed by atoms with Crippen LogP contribution in [-0.4, -0.2) is 40.5 Å². The maximum Gasteiger partial charge on any atom is 0.410 e. The number of ether oxygens (including phenoxy) is 1. The van der Waals surface area contributed by atoms with Gasteiger partial charge in [-0.05, 0) is 69.2 Å². The van der Waals surface area contributed by atoms with Crippen LogP contribution in [-0.2, 0) is 16.6 Å². The number of carbonyl (C=O) groups is 2. The Hall–Kier alpha value is -3.28. The van der Waals surface area contributed by atoms with Crippen molar-refractivity contribution in [3.05, 3.63) is 64.3 Å². The minimum atomic E-state index is -0.473. The maximum atomic E-state index is 13.6. The van der Waals surface area contributed by atoms with Crippen molar-refractivity contribution in [1.82, 2.24) is 9.88 Å². The zero-order valence-corrected chi connectivity index (χ0v) is 21.3. The number of carbonyl (C=O) groups excluding carboxylic acids is 2. The van der Waals surface area contributed by atoms with Gasteiger partial charge in [0.1, 0.15) is 5.60 Å². The molecule has 3 aromatic rings. The molecule has 2 aliphatic rings. The van der Waals surface area contributed by atoms with Gasteiger partial charge in [-0.15, -0.1) is 0 Å². The largest absolute Gasteiger partial charge is 0.444 e. The van der Waals surface area contributed by atoms with Crippen molar-refractivity contribution in [3.63, 3.8) is 0 Å². The molecule has 3 N–H and O–H groups in total. The molecule has 1 aliphatic heterocycles. The number of amides is 1. The number of anilines is 1. The van der Waals surface area contributed by atoms with E-state index in [1.807, 2.05) is 49.9 Å². The molecule has 0 radical (unpaired) electrons. The Kier molecular flexibility index (Phi) is 5.46. The van der Waals surface area contributed by atoms with Crippen LogP contribution in [0, 0.1) is 5.92 Å². The summed E-state index contributed by atoms with van der Waals surface area (Å²) >= 11 is 0. The lowest BCUT2D eigenvalue weighted by Crippen LogP contribution is -2.42. The minimum Gasteiger partial charge on any atom is -0.444 e. The number of aromatic amines is 1. The zero-order chi connectivity index (χ0) is 25.1. The molecule has 1 fully saturated rings. The molecule has 0 atom stereocenters. The Morgan fingerprint density at radius 2 is 1.86 bits per heavy atom. The molecule has 5 rings (SSSR count). The number of nitrogens with two attached hydrogens (primary N) is 1. The highest BCUT2D eigenvalue weighted by Gasteiger charge is 2.39. The van der Waals surface area contributed by atoms with Crippen LogP contribution in [0.2, 0.25) is 0 Å². The second-order valence-corrected chi connectivity index (χ2v) is 11.6. The lowest BCUT2D eigenvalue weighted by Gasteiger charge is -2.34. The molecule has 2 heterocycles. The van der Waals surface area contributed by atoms with Gasteiger partial charge in [-0.3, -0.25) is 4.79 Å². The normalized spacial score (nSPS) is 17.9. The monoisotopic (exact) mass is 473 g/mol. The quantitative estimate of drug-likeness (QED) is 0.460. The van der Waals surface area contributed by atoms with Gasteiger partial charge in [-0.25, -0.2) is 4.79 Å². The van der Waals surface area contributed by atoms with Crippen LogP contribution >= 0.6 is 0 Å². The van der Waals surface area contributed by atoms with Crippen molar-refractivity contribution < 1.29 is 14.3 Å². The molecular weight excluding hydrogens is 438 g/mol. The molecule has 6 heteroatoms. The summed E-state index contributed by atoms with van der Waals surface area (Å²) in [6.45, 7) is 11.5. The number of hydrogen-bond donors (Lipinski definition) is 2. The van der Waals surface area contributed by atoms with Crippen molar-refractivity contribution in [1.29, 1.82) is 0 Å². The van der Waals surface area contributed by atoms with Crippen molar-refractivity contribution in [2.75, 3.05) is 18.8 Å². The van der Waals surface area contributed by atoms with Gasteiger partial charge < -0.3 is 20.4 Å². The van der Waals surface area contributed by atoms with E-state index < -0.39 is 5.60 Å². The van der Waals surface area contributed by atoms with Gasteiger partial charge in [0.15, 0.2) is 5.78 Å². The number of fused-ring (bicyclic) bond motifs is 4. The molecule has 1 aliphatic carbocycles. The van der Waals surface area contributed by atoms with E-state index in [0.29, 0.717) is 11.6 Å². The number of aromatic nitrogens is 1. The summed E-state index contributed by atoms with van der Waals surface area (Å²) in [4.78, 5) is 31.3. The van der Waals surface area contributed by atoms with Crippen LogP contribution < -0.4 is 5.73 Å². The number of nitrogens with one attached hydrogen (secondary N) is 1. The summed E-state index contributed by atoms with van der Waals surface area (Å²) in [5, 5.41) is 0.929. The van der Waals surface area contributed by atoms with Crippen LogP contribution in [0.15, 0.2) is 36.4 Å². The smallest absolute Gasteiger partial charge is 0.410 e. The third-order valence-electron chi connectivity index (χ3n) is 7.47. The van der Waals surface area contributed by atoms with Gasteiger partial charge in [0, 0.05) is 46.4 Å². The highest BCUT2D eigenvalue weighted by atomic mass is 16.6. The van der Waals surface area contributed by atoms with Crippen molar-refractivity contribution >= 4 is 28.5 Å². The van der Waals surface area contributed by atoms with Crippen LogP contribution in [0.4, 0.5) is 10.5 Å². The number of likely N-dealkylation sites (tertiary alicyclic amines) is 1. The number of rotatable bonds is 2. The van der Waals surface area contributed by atoms with Gasteiger partial charge in [0.25, 0.3) is 0 Å². The topological polar surface area (TPSA) is 88.4 Å². The Bertz CT molecular complexity index is 1320. The third kappa shape index (κ3) is 4.19. The van der Waals surface area contributed by atoms with E-state index in [1.165, 1.54) is 5.56 Å². The fraction of sp³-hybridized carbons (Fsp3) is 0.448. The summed E-state index contributed by atoms with van der Waals surface area (Å²) in [6.07, 6.45) is 2.62. The molecule has 0 unspecified atom stereocenters. The van der Waals surface area contributed by atoms with Gasteiger partial charge in [0.2, 0.25) is 0 Å². The fourth-order valence-corrected chi connectivity index (χ4v) is 5.60. The van der Waals surface area contributed by atoms with E-state index in [0.717, 1.165) is 65.6 Å². The fourth-order valence-electron chi connectivity index (χ4n) is 5.60. The van der Waals surface area contributed by atoms with Gasteiger partial charge in [-0.2, -0.15) is 0 Å². The molecule has 6 nitrogen and oxygen atoms in total. The number of nitrogens with zero attached hydrogens (tertiary/aromatic N) is 1. The molecular formula is C29H35N3O3. The number of benzene rings is 2. The second-order valence-electron chi connectivity index (χ2n) is 11.6. The van der Waals surface area contributed by atoms with Gasteiger partial charge in [-0.1, -0.05) is 38.1 Å². The van der Waals surface area contributed by atoms with E-state index in [1.54, 1.807) is 0 Å². The molecule has 1 amide bonds. The van der Waals surface area contributed by atoms with Crippen LogP contribution in [0.3, 0.4) is 0 Å². The average molecular weight is 474 g/mol. The number of ketones is 1. The molecule has 0 bridgehead atoms. The van der Waals surface area contributed by atoms with E-state index in [2.05, 4.69) is 31.0 Å². The zero-order valence-electron chi connectivity index (χ0n) is 21.3. The Balaban J connectivity index is 1.36. The van der Waals surface area contributed by atoms with E-state index in [9.17, 15) is 9.59 Å². The lowest BCUT2D eigenvalue weighted by atomic mass is 9.70. The summed E-state index contributed by atoms with van der Waals surface area (Å²) in [7, 11) is 0. The summed E-state index contributed by atoms with van der Waals surface area (Å²) in [6, 6.07) is 12.0. The standard InChI is InChI=1S/C29H35N3O3/c1-28(2,3)35-27(34)32-12-10-17(11-13-32)14-18-6-8-20-22(15-18)29(4,5)26-24(25(20)33)21-9-7-19(30)16-23(21)31-26/h6-9,15-17,31H,10-14,30H2,1-5H3. The van der Waals surface area contributed by atoms with E-state index in [-0.39, 0.29) is 17.3 Å². The first kappa shape index (κ1) is 23.5. The second kappa shape index (κ2) is 8.14. The lowest BCUT2D eigenvalue weighted by molar-refractivity contribution is 0.0184. The maximum absolute atomic E-state index is 13.6. The molecule has 1 aromatic heterocycles. The van der Waals surface area contributed by atoms with Crippen LogP contribution in [0.1, 0.15) is 80.2 Å². The number of piperidine rings is 1. The highest BCUT2D eigenvalue weighted by Crippen LogP contribution is 2.44. The SMILES string of the molecule is CC(C)(C)OC(=O)N1CCC(Cc2ccc3c(c2)C(C)(C)c2[nH]c4cc(N)ccc4c2C3=O)CC1. The first-order valence-corrected chi connectivity index (χ1v) is 12.5. The van der Waals surface area contributed by atoms with Crippen molar-refractivity contribution in [2.24, 2.45) is 5.92 Å². The molecule has 0 spiro atoms. The van der Waals surface area contributed by atoms with Crippen molar-refractivity contribution in [2.45, 2.75) is 64.9 Å². The van der Waals surface area contributed by atoms with Gasteiger partial charge >= 0.3 is 6.09 Å². The molecule has 184 valence electrons. The van der Waals surface area contributed by atoms with Gasteiger partial charge in [0.05, 0.1) is 5.56 Å². The highest BCUT2D eigenvalue weighted by molar-refractivity contribution is 6.20. The van der Waals surface area contributed by atoms with Crippen LogP contribution in [0.5, 0.6) is 0 Å². The minimum absolute atomic E-state index is 0.0718. The first-order chi connectivity index (χ1) is 16.4. The summed E-state index contributed by atoms with van der Waals surface area (Å²) in [5.41, 5.74) is 11.6. The Labute approximate surface area is 206 Å². The predicted octanol–water partition coefficient (Wildman–Crippen LogP) is 5.81. The van der Waals surface area contributed by atoms with Crippen LogP contribution in [0.25, 0.3) is 10.9 Å². The van der Waals surface area contributed by atoms with E-state index in [4.69, 9.17) is 10.5 Å². The third-order valence-corrected chi connectivity index (χ3v) is 7.47. The molecule has 35 heavy (non-hydrogen) atoms. The average Bonchev–Trinajstić information content (AvgIpc) is 3.17. The summed E-state index contributed by atoms with van der Waals surface area (Å²) in [5.74, 6) is 0.573. The number of H-pyrrole nitrogens is 1. The number of hydrogen-bond acceptors (Lipinski definition) is 4. The summed E-state index contributed by atoms with van der Waals surface area (Å²) < 4.78 is 5.53. The van der Waals surface area contributed by atoms with E-state index >= 15 is 0 Å². The Morgan fingerprint density at radius 3 is 2.54 bits per heavy atom. The molecule has 1 saturated heterocycles.